The fraction of sp³-hybridized carbons (Fsp3) is 0.261. The van der Waals surface area contributed by atoms with Crippen molar-refractivity contribution in [2.45, 2.75) is 41.5 Å². The van der Waals surface area contributed by atoms with E-state index in [2.05, 4.69) is 16.0 Å². The van der Waals surface area contributed by atoms with Gasteiger partial charge in [0.05, 0.1) is 0 Å². The third kappa shape index (κ3) is 9.63. The van der Waals surface area contributed by atoms with Crippen molar-refractivity contribution in [3.05, 3.63) is 80.5 Å². The van der Waals surface area contributed by atoms with Crippen molar-refractivity contribution in [2.24, 2.45) is 0 Å². The second-order valence-corrected chi connectivity index (χ2v) is 3.91. The van der Waals surface area contributed by atoms with Crippen LogP contribution in [0.25, 0.3) is 22.5 Å². The Balaban J connectivity index is -0.000000604. The van der Waals surface area contributed by atoms with E-state index < -0.39 is 0 Å². The van der Waals surface area contributed by atoms with E-state index in [0.29, 0.717) is 0 Å². The molecule has 0 aliphatic heterocycles. The minimum Gasteiger partial charge on any atom is -0.358 e. The van der Waals surface area contributed by atoms with Gasteiger partial charge < -0.3 is 7.43 Å². The van der Waals surface area contributed by atoms with Crippen molar-refractivity contribution in [1.29, 1.82) is 0 Å². The molecule has 0 saturated carbocycles. The van der Waals surface area contributed by atoms with Crippen LogP contribution in [0.2, 0.25) is 0 Å². The second kappa shape index (κ2) is 19.5. The van der Waals surface area contributed by atoms with Crippen LogP contribution in [0.5, 0.6) is 0 Å². The van der Waals surface area contributed by atoms with Crippen molar-refractivity contribution in [3.63, 3.8) is 0 Å². The van der Waals surface area contributed by atoms with Crippen molar-refractivity contribution in [1.82, 2.24) is 9.97 Å². The molecule has 0 radical (unpaired) electrons. The number of hydrogen-bond acceptors (Lipinski definition) is 2. The summed E-state index contributed by atoms with van der Waals surface area (Å²) in [7, 11) is 0. The minimum atomic E-state index is 0. The van der Waals surface area contributed by atoms with E-state index in [1.807, 2.05) is 96.1 Å². The molecular weight excluding hydrogens is 499 g/mol. The van der Waals surface area contributed by atoms with Crippen LogP contribution < -0.4 is 0 Å². The maximum Gasteiger partial charge on any atom is 2.00 e. The summed E-state index contributed by atoms with van der Waals surface area (Å²) in [5.74, 6) is 0. The van der Waals surface area contributed by atoms with Crippen LogP contribution in [-0.2, 0) is 21.1 Å². The van der Waals surface area contributed by atoms with Gasteiger partial charge in [0.1, 0.15) is 0 Å². The predicted octanol–water partition coefficient (Wildman–Crippen LogP) is 7.14. The zero-order chi connectivity index (χ0) is 18.2. The summed E-state index contributed by atoms with van der Waals surface area (Å²) in [6.07, 6.45) is 3.58. The smallest absolute Gasteiger partial charge is 0.358 e. The molecule has 0 aliphatic carbocycles. The van der Waals surface area contributed by atoms with Crippen LogP contribution in [0.1, 0.15) is 41.5 Å². The molecule has 2 nitrogen and oxygen atoms in total. The van der Waals surface area contributed by atoms with Crippen molar-refractivity contribution < 1.29 is 21.1 Å². The van der Waals surface area contributed by atoms with Gasteiger partial charge in [-0.25, -0.2) is 0 Å². The van der Waals surface area contributed by atoms with Crippen LogP contribution in [0, 0.1) is 13.5 Å². The first-order valence-corrected chi connectivity index (χ1v) is 8.78. The normalized spacial score (nSPS) is 7.77. The standard InChI is InChI=1S/C16H11N2.3C2H6.CH3.Pt/c1-3-10-17-15(8-1)13-6-5-7-14(12-13)16-9-2-4-11-18-16;3*1-2;;/h1-11H;3*1-2H3;1H3;/q-1;;;;-1;+2. The number of rotatable bonds is 2. The summed E-state index contributed by atoms with van der Waals surface area (Å²) in [6.45, 7) is 12.0. The van der Waals surface area contributed by atoms with E-state index in [-0.39, 0.29) is 28.5 Å². The van der Waals surface area contributed by atoms with Crippen molar-refractivity contribution in [2.75, 3.05) is 0 Å². The number of aromatic nitrogens is 2. The molecule has 2 heterocycles. The largest absolute Gasteiger partial charge is 2.00 e. The van der Waals surface area contributed by atoms with Gasteiger partial charge in [-0.2, -0.15) is 0 Å². The average molecular weight is 532 g/mol. The van der Waals surface area contributed by atoms with Gasteiger partial charge in [0.25, 0.3) is 0 Å². The van der Waals surface area contributed by atoms with Gasteiger partial charge in [-0.15, -0.1) is 24.3 Å². The zero-order valence-electron chi connectivity index (χ0n) is 17.1. The van der Waals surface area contributed by atoms with Gasteiger partial charge in [-0.1, -0.05) is 76.9 Å². The predicted molar refractivity (Wildman–Crippen MR) is 112 cm³/mol. The van der Waals surface area contributed by atoms with Gasteiger partial charge in [-0.3, -0.25) is 9.97 Å². The van der Waals surface area contributed by atoms with E-state index >= 15 is 0 Å². The number of hydrogen-bond donors (Lipinski definition) is 0. The molecule has 0 amide bonds. The maximum atomic E-state index is 4.33. The van der Waals surface area contributed by atoms with Crippen LogP contribution >= 0.6 is 0 Å². The minimum absolute atomic E-state index is 0. The summed E-state index contributed by atoms with van der Waals surface area (Å²) in [4.78, 5) is 8.66. The molecule has 0 fully saturated rings. The van der Waals surface area contributed by atoms with Gasteiger partial charge >= 0.3 is 21.1 Å². The van der Waals surface area contributed by atoms with Crippen molar-refractivity contribution in [3.8, 4) is 22.5 Å². The topological polar surface area (TPSA) is 25.8 Å². The quantitative estimate of drug-likeness (QED) is 0.329. The number of benzene rings is 1. The molecule has 144 valence electrons. The Morgan fingerprint density at radius 3 is 1.27 bits per heavy atom. The Morgan fingerprint density at radius 2 is 0.962 bits per heavy atom. The molecular formula is C23H32N2Pt. The maximum absolute atomic E-state index is 4.33. The SMILES string of the molecule is CC.CC.CC.[CH3-].[Pt+2].[c-]1c(-c2ccccn2)cccc1-c1ccccn1. The van der Waals surface area contributed by atoms with E-state index in [1.165, 1.54) is 0 Å². The second-order valence-electron chi connectivity index (χ2n) is 3.91. The first kappa shape index (κ1) is 29.0. The van der Waals surface area contributed by atoms with Crippen molar-refractivity contribution >= 4 is 0 Å². The molecule has 0 atom stereocenters. The molecule has 0 aliphatic rings. The summed E-state index contributed by atoms with van der Waals surface area (Å²) in [5, 5.41) is 0. The molecule has 3 aromatic rings. The summed E-state index contributed by atoms with van der Waals surface area (Å²) in [6, 6.07) is 21.1. The molecule has 1 aromatic carbocycles. The molecule has 0 spiro atoms. The zero-order valence-corrected chi connectivity index (χ0v) is 19.3. The first-order chi connectivity index (χ1) is 11.9. The Morgan fingerprint density at radius 1 is 0.577 bits per heavy atom. The monoisotopic (exact) mass is 531 g/mol. The number of nitrogens with zero attached hydrogens (tertiary/aromatic N) is 2. The Labute approximate surface area is 175 Å². The van der Waals surface area contributed by atoms with Gasteiger partial charge in [-0.05, 0) is 12.1 Å². The summed E-state index contributed by atoms with van der Waals surface area (Å²) < 4.78 is 0. The third-order valence-corrected chi connectivity index (χ3v) is 2.68. The Hall–Kier alpha value is -1.79. The fourth-order valence-electron chi connectivity index (χ4n) is 1.81. The van der Waals surface area contributed by atoms with E-state index in [9.17, 15) is 0 Å². The van der Waals surface area contributed by atoms with Gasteiger partial charge in [0, 0.05) is 23.8 Å². The van der Waals surface area contributed by atoms with E-state index in [0.717, 1.165) is 22.5 Å². The number of pyridine rings is 2. The van der Waals surface area contributed by atoms with Gasteiger partial charge in [0.2, 0.25) is 0 Å². The Kier molecular flexibility index (Phi) is 21.8. The van der Waals surface area contributed by atoms with Crippen LogP contribution in [0.4, 0.5) is 0 Å². The summed E-state index contributed by atoms with van der Waals surface area (Å²) >= 11 is 0. The van der Waals surface area contributed by atoms with Gasteiger partial charge in [0.15, 0.2) is 0 Å². The Bertz CT molecular complexity index is 586. The third-order valence-electron chi connectivity index (χ3n) is 2.68. The molecule has 3 heteroatoms. The molecule has 3 rings (SSSR count). The fourth-order valence-corrected chi connectivity index (χ4v) is 1.81. The van der Waals surface area contributed by atoms with Crippen LogP contribution in [-0.4, -0.2) is 9.97 Å². The van der Waals surface area contributed by atoms with Crippen LogP contribution in [0.15, 0.2) is 67.0 Å². The molecule has 26 heavy (non-hydrogen) atoms. The molecule has 0 unspecified atom stereocenters. The molecule has 0 saturated heterocycles. The van der Waals surface area contributed by atoms with Crippen LogP contribution in [0.3, 0.4) is 0 Å². The molecule has 2 aromatic heterocycles. The van der Waals surface area contributed by atoms with E-state index in [1.54, 1.807) is 12.4 Å². The average Bonchev–Trinajstić information content (AvgIpc) is 2.74. The van der Waals surface area contributed by atoms with E-state index in [4.69, 9.17) is 0 Å². The molecule has 0 N–H and O–H groups in total. The first-order valence-electron chi connectivity index (χ1n) is 8.78. The summed E-state index contributed by atoms with van der Waals surface area (Å²) in [5.41, 5.74) is 3.82. The molecule has 0 bridgehead atoms.